The zero-order valence-electron chi connectivity index (χ0n) is 8.88. The number of anilines is 1. The van der Waals surface area contributed by atoms with Crippen molar-refractivity contribution in [2.24, 2.45) is 0 Å². The van der Waals surface area contributed by atoms with Gasteiger partial charge in [-0.15, -0.1) is 0 Å². The summed E-state index contributed by atoms with van der Waals surface area (Å²) in [4.78, 5) is 10.9. The number of nitrogens with one attached hydrogen (secondary N) is 2. The number of nitriles is 1. The summed E-state index contributed by atoms with van der Waals surface area (Å²) in [6.45, 7) is 0.397. The number of carbonyl (C=O) groups excluding carboxylic acids is 1. The molecule has 0 saturated carbocycles. The largest absolute Gasteiger partial charge is 0.384 e. The molecule has 5 heteroatoms. The Morgan fingerprint density at radius 2 is 2.25 bits per heavy atom. The molecule has 0 radical (unpaired) electrons. The van der Waals surface area contributed by atoms with Gasteiger partial charge in [0, 0.05) is 25.7 Å². The van der Waals surface area contributed by atoms with Crippen molar-refractivity contribution in [3.8, 4) is 6.07 Å². The van der Waals surface area contributed by atoms with E-state index in [0.717, 1.165) is 6.07 Å². The van der Waals surface area contributed by atoms with Gasteiger partial charge in [0.1, 0.15) is 5.82 Å². The summed E-state index contributed by atoms with van der Waals surface area (Å²) < 4.78 is 13.0. The minimum Gasteiger partial charge on any atom is -0.384 e. The van der Waals surface area contributed by atoms with Gasteiger partial charge in [-0.2, -0.15) is 5.26 Å². The summed E-state index contributed by atoms with van der Waals surface area (Å²) in [5.74, 6) is -0.564. The zero-order valence-corrected chi connectivity index (χ0v) is 8.88. The van der Waals surface area contributed by atoms with Crippen LogP contribution in [0.4, 0.5) is 10.1 Å². The Morgan fingerprint density at radius 3 is 2.88 bits per heavy atom. The van der Waals surface area contributed by atoms with Crippen LogP contribution in [0.3, 0.4) is 0 Å². The molecule has 0 saturated heterocycles. The first-order chi connectivity index (χ1) is 7.65. The average Bonchev–Trinajstić information content (AvgIpc) is 2.28. The molecule has 84 valence electrons. The maximum Gasteiger partial charge on any atom is 0.221 e. The maximum absolute atomic E-state index is 13.0. The van der Waals surface area contributed by atoms with Crippen molar-refractivity contribution in [1.82, 2.24) is 5.32 Å². The van der Waals surface area contributed by atoms with Crippen molar-refractivity contribution in [3.63, 3.8) is 0 Å². The molecular formula is C11H12FN3O. The molecule has 0 fully saturated rings. The molecule has 0 aliphatic carbocycles. The molecule has 0 heterocycles. The highest BCUT2D eigenvalue weighted by molar-refractivity contribution is 5.76. The number of amides is 1. The van der Waals surface area contributed by atoms with Gasteiger partial charge in [0.15, 0.2) is 0 Å². The van der Waals surface area contributed by atoms with Crippen molar-refractivity contribution in [3.05, 3.63) is 29.6 Å². The molecule has 1 aromatic carbocycles. The Balaban J connectivity index is 2.57. The highest BCUT2D eigenvalue weighted by Gasteiger charge is 2.01. The summed E-state index contributed by atoms with van der Waals surface area (Å²) in [5.41, 5.74) is 0.753. The lowest BCUT2D eigenvalue weighted by molar-refractivity contribution is -0.120. The molecule has 0 atom stereocenters. The van der Waals surface area contributed by atoms with Crippen LogP contribution in [-0.2, 0) is 4.79 Å². The molecular weight excluding hydrogens is 209 g/mol. The standard InChI is InChI=1S/C11H12FN3O/c1-14-11(16)2-3-15-10-5-8(7-13)4-9(12)6-10/h4-6,15H,2-3H2,1H3,(H,14,16). The van der Waals surface area contributed by atoms with E-state index in [2.05, 4.69) is 10.6 Å². The first kappa shape index (κ1) is 12.0. The molecule has 0 spiro atoms. The van der Waals surface area contributed by atoms with E-state index in [1.807, 2.05) is 6.07 Å². The lowest BCUT2D eigenvalue weighted by atomic mass is 10.2. The number of carbonyl (C=O) groups is 1. The third-order valence-corrected chi connectivity index (χ3v) is 1.99. The molecule has 1 rings (SSSR count). The van der Waals surface area contributed by atoms with Gasteiger partial charge >= 0.3 is 0 Å². The van der Waals surface area contributed by atoms with E-state index in [1.165, 1.54) is 12.1 Å². The Hall–Kier alpha value is -2.09. The van der Waals surface area contributed by atoms with Crippen LogP contribution in [0.5, 0.6) is 0 Å². The number of hydrogen-bond acceptors (Lipinski definition) is 3. The normalized spacial score (nSPS) is 9.31. The van der Waals surface area contributed by atoms with E-state index in [-0.39, 0.29) is 11.5 Å². The Kier molecular flexibility index (Phi) is 4.28. The highest BCUT2D eigenvalue weighted by Crippen LogP contribution is 2.13. The van der Waals surface area contributed by atoms with E-state index in [4.69, 9.17) is 5.26 Å². The fourth-order valence-electron chi connectivity index (χ4n) is 1.20. The van der Waals surface area contributed by atoms with Crippen molar-refractivity contribution >= 4 is 11.6 Å². The molecule has 0 aliphatic rings. The fourth-order valence-corrected chi connectivity index (χ4v) is 1.20. The summed E-state index contributed by atoms with van der Waals surface area (Å²) in [5, 5.41) is 14.0. The number of nitrogens with zero attached hydrogens (tertiary/aromatic N) is 1. The monoisotopic (exact) mass is 221 g/mol. The fraction of sp³-hybridized carbons (Fsp3) is 0.273. The van der Waals surface area contributed by atoms with Gasteiger partial charge in [-0.1, -0.05) is 0 Å². The summed E-state index contributed by atoms with van der Waals surface area (Å²) in [6.07, 6.45) is 0.300. The molecule has 4 nitrogen and oxygen atoms in total. The summed E-state index contributed by atoms with van der Waals surface area (Å²) >= 11 is 0. The first-order valence-electron chi connectivity index (χ1n) is 4.81. The molecule has 0 unspecified atom stereocenters. The SMILES string of the molecule is CNC(=O)CCNc1cc(F)cc(C#N)c1. The van der Waals surface area contributed by atoms with Crippen LogP contribution in [0.1, 0.15) is 12.0 Å². The van der Waals surface area contributed by atoms with Crippen LogP contribution in [0, 0.1) is 17.1 Å². The van der Waals surface area contributed by atoms with Gasteiger partial charge in [0.05, 0.1) is 11.6 Å². The second kappa shape index (κ2) is 5.71. The Labute approximate surface area is 93.1 Å². The van der Waals surface area contributed by atoms with E-state index in [0.29, 0.717) is 18.7 Å². The van der Waals surface area contributed by atoms with Crippen LogP contribution < -0.4 is 10.6 Å². The van der Waals surface area contributed by atoms with E-state index >= 15 is 0 Å². The van der Waals surface area contributed by atoms with Gasteiger partial charge in [-0.3, -0.25) is 4.79 Å². The molecule has 0 aromatic heterocycles. The lowest BCUT2D eigenvalue weighted by Gasteiger charge is -2.06. The van der Waals surface area contributed by atoms with Crippen LogP contribution in [0.25, 0.3) is 0 Å². The Bertz CT molecular complexity index is 426. The van der Waals surface area contributed by atoms with Crippen LogP contribution in [0.2, 0.25) is 0 Å². The van der Waals surface area contributed by atoms with Gasteiger partial charge in [-0.05, 0) is 18.2 Å². The highest BCUT2D eigenvalue weighted by atomic mass is 19.1. The Morgan fingerprint density at radius 1 is 1.50 bits per heavy atom. The molecule has 16 heavy (non-hydrogen) atoms. The second-order valence-corrected chi connectivity index (χ2v) is 3.19. The molecule has 0 bridgehead atoms. The van der Waals surface area contributed by atoms with Crippen LogP contribution >= 0.6 is 0 Å². The smallest absolute Gasteiger partial charge is 0.221 e. The number of hydrogen-bond donors (Lipinski definition) is 2. The van der Waals surface area contributed by atoms with E-state index in [9.17, 15) is 9.18 Å². The van der Waals surface area contributed by atoms with Crippen molar-refractivity contribution in [2.45, 2.75) is 6.42 Å². The van der Waals surface area contributed by atoms with Crippen LogP contribution in [0.15, 0.2) is 18.2 Å². The third kappa shape index (κ3) is 3.58. The number of benzene rings is 1. The minimum absolute atomic E-state index is 0.0931. The zero-order chi connectivity index (χ0) is 12.0. The minimum atomic E-state index is -0.471. The first-order valence-corrected chi connectivity index (χ1v) is 4.81. The molecule has 0 aliphatic heterocycles. The summed E-state index contributed by atoms with van der Waals surface area (Å²) in [6, 6.07) is 5.83. The molecule has 1 amide bonds. The summed E-state index contributed by atoms with van der Waals surface area (Å²) in [7, 11) is 1.55. The molecule has 1 aromatic rings. The van der Waals surface area contributed by atoms with Gasteiger partial charge in [0.25, 0.3) is 0 Å². The quantitative estimate of drug-likeness (QED) is 0.804. The van der Waals surface area contributed by atoms with Crippen molar-refractivity contribution in [2.75, 3.05) is 18.9 Å². The topological polar surface area (TPSA) is 64.9 Å². The predicted octanol–water partition coefficient (Wildman–Crippen LogP) is 1.25. The van der Waals surface area contributed by atoms with E-state index in [1.54, 1.807) is 7.05 Å². The number of halogens is 1. The van der Waals surface area contributed by atoms with Gasteiger partial charge < -0.3 is 10.6 Å². The average molecular weight is 221 g/mol. The van der Waals surface area contributed by atoms with Gasteiger partial charge in [0.2, 0.25) is 5.91 Å². The van der Waals surface area contributed by atoms with E-state index < -0.39 is 5.82 Å². The van der Waals surface area contributed by atoms with Gasteiger partial charge in [-0.25, -0.2) is 4.39 Å². The molecule has 2 N–H and O–H groups in total. The maximum atomic E-state index is 13.0. The third-order valence-electron chi connectivity index (χ3n) is 1.99. The van der Waals surface area contributed by atoms with Crippen molar-refractivity contribution in [1.29, 1.82) is 5.26 Å². The lowest BCUT2D eigenvalue weighted by Crippen LogP contribution is -2.20. The second-order valence-electron chi connectivity index (χ2n) is 3.19. The van der Waals surface area contributed by atoms with Crippen molar-refractivity contribution < 1.29 is 9.18 Å². The number of rotatable bonds is 4. The predicted molar refractivity (Wildman–Crippen MR) is 58.3 cm³/mol. The van der Waals surface area contributed by atoms with Crippen LogP contribution in [-0.4, -0.2) is 19.5 Å².